The largest absolute Gasteiger partial charge is 0.461 e. The third-order valence-corrected chi connectivity index (χ3v) is 5.36. The van der Waals surface area contributed by atoms with Gasteiger partial charge in [-0.25, -0.2) is 0 Å². The van der Waals surface area contributed by atoms with Crippen LogP contribution in [0.1, 0.15) is 46.5 Å². The predicted octanol–water partition coefficient (Wildman–Crippen LogP) is 2.44. The molecule has 0 amide bonds. The van der Waals surface area contributed by atoms with E-state index in [1.165, 1.54) is 11.1 Å². The van der Waals surface area contributed by atoms with Crippen LogP contribution in [0.15, 0.2) is 11.1 Å². The maximum Gasteiger partial charge on any atom is 0.309 e. The third-order valence-electron chi connectivity index (χ3n) is 5.36. The molecule has 1 heterocycles. The Kier molecular flexibility index (Phi) is 2.60. The second-order valence-electron chi connectivity index (χ2n) is 6.53. The number of carbonyl (C=O) groups is 1. The average Bonchev–Trinajstić information content (AvgIpc) is 2.69. The van der Waals surface area contributed by atoms with Crippen molar-refractivity contribution >= 4 is 5.97 Å². The van der Waals surface area contributed by atoms with Gasteiger partial charge in [-0.15, -0.1) is 0 Å². The van der Waals surface area contributed by atoms with Crippen LogP contribution in [0.5, 0.6) is 0 Å². The highest BCUT2D eigenvalue weighted by atomic mass is 16.6. The fourth-order valence-electron chi connectivity index (χ4n) is 4.17. The molecule has 0 bridgehead atoms. The van der Waals surface area contributed by atoms with Gasteiger partial charge >= 0.3 is 5.97 Å². The lowest BCUT2D eigenvalue weighted by molar-refractivity contribution is -0.147. The van der Waals surface area contributed by atoms with E-state index >= 15 is 0 Å². The first-order chi connectivity index (χ1) is 8.42. The SMILES string of the molecule is CC1=C2CC[C@@](C)(O)[C@@H]2[C@H]2OC(=O)C(C)C2CC1. The van der Waals surface area contributed by atoms with E-state index in [1.54, 1.807) is 0 Å². The summed E-state index contributed by atoms with van der Waals surface area (Å²) in [5, 5.41) is 10.6. The second kappa shape index (κ2) is 3.83. The molecule has 3 heteroatoms. The van der Waals surface area contributed by atoms with Crippen molar-refractivity contribution in [3.63, 3.8) is 0 Å². The summed E-state index contributed by atoms with van der Waals surface area (Å²) in [5.74, 6) is 0.212. The molecule has 18 heavy (non-hydrogen) atoms. The van der Waals surface area contributed by atoms with Crippen LogP contribution in [0.25, 0.3) is 0 Å². The molecule has 0 aromatic rings. The average molecular weight is 250 g/mol. The molecule has 0 aromatic carbocycles. The van der Waals surface area contributed by atoms with Crippen LogP contribution in [-0.4, -0.2) is 22.8 Å². The Hall–Kier alpha value is -0.830. The third kappa shape index (κ3) is 1.56. The number of esters is 1. The highest BCUT2D eigenvalue weighted by Crippen LogP contribution is 2.52. The lowest BCUT2D eigenvalue weighted by Gasteiger charge is -2.32. The molecule has 0 radical (unpaired) electrons. The zero-order valence-corrected chi connectivity index (χ0v) is 11.4. The van der Waals surface area contributed by atoms with Crippen molar-refractivity contribution in [3.05, 3.63) is 11.1 Å². The molecule has 100 valence electrons. The van der Waals surface area contributed by atoms with Crippen LogP contribution in [0.4, 0.5) is 0 Å². The normalized spacial score (nSPS) is 47.7. The Morgan fingerprint density at radius 1 is 1.39 bits per heavy atom. The fraction of sp³-hybridized carbons (Fsp3) is 0.800. The van der Waals surface area contributed by atoms with Gasteiger partial charge in [0.05, 0.1) is 11.5 Å². The predicted molar refractivity (Wildman–Crippen MR) is 67.8 cm³/mol. The summed E-state index contributed by atoms with van der Waals surface area (Å²) in [7, 11) is 0. The first-order valence-corrected chi connectivity index (χ1v) is 7.03. The van der Waals surface area contributed by atoms with Crippen LogP contribution < -0.4 is 0 Å². The monoisotopic (exact) mass is 250 g/mol. The summed E-state index contributed by atoms with van der Waals surface area (Å²) >= 11 is 0. The highest BCUT2D eigenvalue weighted by molar-refractivity contribution is 5.75. The van der Waals surface area contributed by atoms with Gasteiger partial charge < -0.3 is 9.84 Å². The number of aliphatic hydroxyl groups is 1. The van der Waals surface area contributed by atoms with Crippen molar-refractivity contribution in [2.45, 2.75) is 58.2 Å². The van der Waals surface area contributed by atoms with Gasteiger partial charge in [0.1, 0.15) is 6.10 Å². The first-order valence-electron chi connectivity index (χ1n) is 7.03. The highest BCUT2D eigenvalue weighted by Gasteiger charge is 2.55. The Morgan fingerprint density at radius 3 is 2.83 bits per heavy atom. The van der Waals surface area contributed by atoms with Crippen LogP contribution in [0.3, 0.4) is 0 Å². The molecule has 2 fully saturated rings. The summed E-state index contributed by atoms with van der Waals surface area (Å²) in [5.41, 5.74) is 2.05. The number of fused-ring (bicyclic) bond motifs is 3. The van der Waals surface area contributed by atoms with E-state index in [4.69, 9.17) is 4.74 Å². The number of allylic oxidation sites excluding steroid dienone is 1. The minimum absolute atomic E-state index is 0.0152. The molecule has 5 atom stereocenters. The van der Waals surface area contributed by atoms with E-state index in [-0.39, 0.29) is 29.8 Å². The van der Waals surface area contributed by atoms with Gasteiger partial charge in [-0.05, 0) is 39.5 Å². The Bertz CT molecular complexity index is 421. The number of rotatable bonds is 0. The molecule has 2 unspecified atom stereocenters. The van der Waals surface area contributed by atoms with Gasteiger partial charge in [0.15, 0.2) is 0 Å². The van der Waals surface area contributed by atoms with Gasteiger partial charge in [-0.3, -0.25) is 4.79 Å². The van der Waals surface area contributed by atoms with E-state index in [9.17, 15) is 9.90 Å². The van der Waals surface area contributed by atoms with Crippen LogP contribution >= 0.6 is 0 Å². The number of hydrogen-bond acceptors (Lipinski definition) is 3. The van der Waals surface area contributed by atoms with Crippen molar-refractivity contribution in [2.75, 3.05) is 0 Å². The topological polar surface area (TPSA) is 46.5 Å². The molecule has 3 aliphatic rings. The standard InChI is InChI=1S/C15H22O3/c1-8-4-5-11-9(2)14(16)18-13(11)12-10(8)6-7-15(12,3)17/h9,11-13,17H,4-7H2,1-3H3/t9?,11?,12-,13-,15+/m0/s1. The molecule has 2 aliphatic carbocycles. The molecule has 3 nitrogen and oxygen atoms in total. The summed E-state index contributed by atoms with van der Waals surface area (Å²) < 4.78 is 5.62. The number of ether oxygens (including phenoxy) is 1. The maximum atomic E-state index is 11.8. The van der Waals surface area contributed by atoms with Gasteiger partial charge in [0.25, 0.3) is 0 Å². The van der Waals surface area contributed by atoms with Crippen molar-refractivity contribution in [1.82, 2.24) is 0 Å². The van der Waals surface area contributed by atoms with E-state index in [1.807, 2.05) is 13.8 Å². The molecule has 1 saturated carbocycles. The zero-order chi connectivity index (χ0) is 13.1. The molecule has 1 saturated heterocycles. The molecule has 0 spiro atoms. The molecule has 3 rings (SSSR count). The summed E-state index contributed by atoms with van der Waals surface area (Å²) in [6.45, 7) is 6.05. The number of hydrogen-bond donors (Lipinski definition) is 1. The summed E-state index contributed by atoms with van der Waals surface area (Å²) in [6.07, 6.45) is 3.71. The summed E-state index contributed by atoms with van der Waals surface area (Å²) in [6, 6.07) is 0. The molecule has 1 aliphatic heterocycles. The van der Waals surface area contributed by atoms with Crippen molar-refractivity contribution in [3.8, 4) is 0 Å². The maximum absolute atomic E-state index is 11.8. The van der Waals surface area contributed by atoms with Crippen molar-refractivity contribution in [2.24, 2.45) is 17.8 Å². The van der Waals surface area contributed by atoms with Crippen LogP contribution in [0.2, 0.25) is 0 Å². The second-order valence-corrected chi connectivity index (χ2v) is 6.53. The van der Waals surface area contributed by atoms with Gasteiger partial charge in [-0.2, -0.15) is 0 Å². The molecule has 0 aromatic heterocycles. The smallest absolute Gasteiger partial charge is 0.309 e. The first kappa shape index (κ1) is 12.2. The fourth-order valence-corrected chi connectivity index (χ4v) is 4.17. The molecule has 1 N–H and O–H groups in total. The van der Waals surface area contributed by atoms with Crippen molar-refractivity contribution in [1.29, 1.82) is 0 Å². The van der Waals surface area contributed by atoms with Gasteiger partial charge in [0, 0.05) is 11.8 Å². The lowest BCUT2D eigenvalue weighted by atomic mass is 9.78. The van der Waals surface area contributed by atoms with E-state index in [2.05, 4.69) is 6.92 Å². The minimum Gasteiger partial charge on any atom is -0.461 e. The van der Waals surface area contributed by atoms with Crippen LogP contribution in [-0.2, 0) is 9.53 Å². The Balaban J connectivity index is 2.04. The summed E-state index contributed by atoms with van der Waals surface area (Å²) in [4.78, 5) is 11.8. The van der Waals surface area contributed by atoms with Crippen molar-refractivity contribution < 1.29 is 14.6 Å². The van der Waals surface area contributed by atoms with E-state index < -0.39 is 5.60 Å². The molecular formula is C15H22O3. The Labute approximate surface area is 108 Å². The quantitative estimate of drug-likeness (QED) is 0.530. The van der Waals surface area contributed by atoms with Crippen LogP contribution in [0, 0.1) is 17.8 Å². The number of carbonyl (C=O) groups excluding carboxylic acids is 1. The Morgan fingerprint density at radius 2 is 2.11 bits per heavy atom. The van der Waals surface area contributed by atoms with Gasteiger partial charge in [-0.1, -0.05) is 18.1 Å². The van der Waals surface area contributed by atoms with Gasteiger partial charge in [0.2, 0.25) is 0 Å². The lowest BCUT2D eigenvalue weighted by Crippen LogP contribution is -2.40. The van der Waals surface area contributed by atoms with E-state index in [0.717, 1.165) is 25.7 Å². The van der Waals surface area contributed by atoms with E-state index in [0.29, 0.717) is 0 Å². The zero-order valence-electron chi connectivity index (χ0n) is 11.4. The molecular weight excluding hydrogens is 228 g/mol. The minimum atomic E-state index is -0.714.